The van der Waals surface area contributed by atoms with Gasteiger partial charge in [0.2, 0.25) is 10.1 Å². The van der Waals surface area contributed by atoms with Crippen LogP contribution >= 0.6 is 0 Å². The van der Waals surface area contributed by atoms with Crippen molar-refractivity contribution in [3.8, 4) is 0 Å². The molecule has 3 heteroatoms. The fraction of sp³-hybridized carbons (Fsp3) is 1.00. The molecule has 0 atom stereocenters. The lowest BCUT2D eigenvalue weighted by atomic mass is 10.9. The first kappa shape index (κ1) is 8.88. The molecule has 0 aliphatic heterocycles. The van der Waals surface area contributed by atoms with Gasteiger partial charge in [0.15, 0.2) is 0 Å². The van der Waals surface area contributed by atoms with E-state index in [1.165, 1.54) is 0 Å². The summed E-state index contributed by atoms with van der Waals surface area (Å²) in [5.41, 5.74) is 0. The summed E-state index contributed by atoms with van der Waals surface area (Å²) in [6.07, 6.45) is 0. The molecular weight excluding hydrogens is 84.1 g/mol. The third-order valence-corrected chi connectivity index (χ3v) is 0. The first-order valence-corrected chi connectivity index (χ1v) is 1.89. The minimum absolute atomic E-state index is 0.250. The first-order valence-electron chi connectivity index (χ1n) is 1.31. The molecule has 0 radical (unpaired) electrons. The summed E-state index contributed by atoms with van der Waals surface area (Å²) in [7, 11) is 0.611. The highest BCUT2D eigenvalue weighted by molar-refractivity contribution is 5.85. The molecule has 0 fully saturated rings. The summed E-state index contributed by atoms with van der Waals surface area (Å²) in [4.78, 5) is 0. The van der Waals surface area contributed by atoms with Crippen LogP contribution in [0.1, 0.15) is 6.92 Å². The lowest BCUT2D eigenvalue weighted by molar-refractivity contribution is 0.318. The molecule has 0 aliphatic rings. The zero-order valence-electron chi connectivity index (χ0n) is 3.27. The van der Waals surface area contributed by atoms with Crippen LogP contribution in [0.5, 0.6) is 0 Å². The van der Waals surface area contributed by atoms with Gasteiger partial charge in [-0.1, -0.05) is 0 Å². The standard InChI is InChI=1S/C2H6O.H2OSi/c1-2-3;1-2/h3H,2H2,1H3;2H2. The van der Waals surface area contributed by atoms with Crippen LogP contribution in [-0.4, -0.2) is 21.8 Å². The average molecular weight is 92.2 g/mol. The lowest BCUT2D eigenvalue weighted by Crippen LogP contribution is -1.57. The van der Waals surface area contributed by atoms with Gasteiger partial charge in [-0.15, -0.1) is 0 Å². The molecule has 0 spiro atoms. The summed E-state index contributed by atoms with van der Waals surface area (Å²) < 4.78 is 8.28. The van der Waals surface area contributed by atoms with Crippen LogP contribution in [0.25, 0.3) is 0 Å². The van der Waals surface area contributed by atoms with Crippen molar-refractivity contribution in [2.75, 3.05) is 6.61 Å². The molecule has 0 bridgehead atoms. The number of rotatable bonds is 0. The Morgan fingerprint density at radius 3 is 1.80 bits per heavy atom. The molecule has 0 unspecified atom stereocenters. The van der Waals surface area contributed by atoms with Gasteiger partial charge in [0, 0.05) is 6.61 Å². The van der Waals surface area contributed by atoms with Crippen molar-refractivity contribution in [3.63, 3.8) is 0 Å². The van der Waals surface area contributed by atoms with Gasteiger partial charge in [-0.3, -0.25) is 0 Å². The van der Waals surface area contributed by atoms with E-state index in [0.29, 0.717) is 10.1 Å². The minimum Gasteiger partial charge on any atom is -0.397 e. The minimum atomic E-state index is 0.250. The third-order valence-electron chi connectivity index (χ3n) is 0. The van der Waals surface area contributed by atoms with E-state index in [4.69, 9.17) is 9.57 Å². The predicted molar refractivity (Wildman–Crippen MR) is 22.0 cm³/mol. The second kappa shape index (κ2) is 36.9. The van der Waals surface area contributed by atoms with Crippen molar-refractivity contribution in [3.05, 3.63) is 0 Å². The van der Waals surface area contributed by atoms with E-state index in [1.54, 1.807) is 6.92 Å². The summed E-state index contributed by atoms with van der Waals surface area (Å²) in [5.74, 6) is 0. The highest BCUT2D eigenvalue weighted by atomic mass is 28.1. The van der Waals surface area contributed by atoms with Gasteiger partial charge in [0.25, 0.3) is 0 Å². The molecule has 5 heavy (non-hydrogen) atoms. The quantitative estimate of drug-likeness (QED) is 0.388. The van der Waals surface area contributed by atoms with Crippen molar-refractivity contribution in [1.29, 1.82) is 0 Å². The molecule has 0 amide bonds. The molecule has 0 rings (SSSR count). The first-order chi connectivity index (χ1) is 2.41. The molecule has 0 aromatic rings. The van der Waals surface area contributed by atoms with E-state index >= 15 is 0 Å². The molecule has 32 valence electrons. The monoisotopic (exact) mass is 92.0 g/mol. The van der Waals surface area contributed by atoms with E-state index in [-0.39, 0.29) is 6.61 Å². The van der Waals surface area contributed by atoms with E-state index in [2.05, 4.69) is 0 Å². The Morgan fingerprint density at radius 1 is 1.80 bits per heavy atom. The van der Waals surface area contributed by atoms with Crippen LogP contribution in [0, 0.1) is 0 Å². The smallest absolute Gasteiger partial charge is 0.245 e. The van der Waals surface area contributed by atoms with E-state index < -0.39 is 0 Å². The zero-order valence-corrected chi connectivity index (χ0v) is 4.68. The van der Waals surface area contributed by atoms with Gasteiger partial charge in [-0.05, 0) is 6.92 Å². The average Bonchev–Trinajstić information content (AvgIpc) is 1.46. The summed E-state index contributed by atoms with van der Waals surface area (Å²) in [5, 5.41) is 7.57. The maximum atomic E-state index is 8.28. The highest BCUT2D eigenvalue weighted by Gasteiger charge is 1.34. The molecule has 2 nitrogen and oxygen atoms in total. The summed E-state index contributed by atoms with van der Waals surface area (Å²) >= 11 is 0. The van der Waals surface area contributed by atoms with Crippen LogP contribution in [0.4, 0.5) is 0 Å². The van der Waals surface area contributed by atoms with E-state index in [0.717, 1.165) is 0 Å². The second-order valence-electron chi connectivity index (χ2n) is 0.316. The number of aliphatic hydroxyl groups is 1. The maximum Gasteiger partial charge on any atom is 0.245 e. The van der Waals surface area contributed by atoms with Crippen LogP contribution in [0.15, 0.2) is 0 Å². The van der Waals surface area contributed by atoms with Crippen molar-refractivity contribution >= 4 is 10.1 Å². The van der Waals surface area contributed by atoms with E-state index in [1.807, 2.05) is 0 Å². The predicted octanol–water partition coefficient (Wildman–Crippen LogP) is -1.04. The molecule has 1 N–H and O–H groups in total. The zero-order chi connectivity index (χ0) is 4.71. The molecule has 0 aromatic heterocycles. The van der Waals surface area contributed by atoms with Crippen LogP contribution < -0.4 is 0 Å². The summed E-state index contributed by atoms with van der Waals surface area (Å²) in [6, 6.07) is 0. The second-order valence-corrected chi connectivity index (χ2v) is 0.316. The van der Waals surface area contributed by atoms with E-state index in [9.17, 15) is 0 Å². The van der Waals surface area contributed by atoms with Gasteiger partial charge in [0.05, 0.1) is 0 Å². The molecule has 0 saturated heterocycles. The lowest BCUT2D eigenvalue weighted by Gasteiger charge is -1.52. The SMILES string of the molecule is CCO.O=[SiH2]. The maximum absolute atomic E-state index is 8.28. The van der Waals surface area contributed by atoms with Gasteiger partial charge >= 0.3 is 0 Å². The Labute approximate surface area is 34.3 Å². The Morgan fingerprint density at radius 2 is 1.80 bits per heavy atom. The third kappa shape index (κ3) is 29100. The topological polar surface area (TPSA) is 37.3 Å². The van der Waals surface area contributed by atoms with Crippen LogP contribution in [0.2, 0.25) is 0 Å². The number of aliphatic hydroxyl groups excluding tert-OH is 1. The molecular formula is C2H8O2Si. The van der Waals surface area contributed by atoms with Crippen molar-refractivity contribution in [1.82, 2.24) is 0 Å². The van der Waals surface area contributed by atoms with Gasteiger partial charge in [0.1, 0.15) is 0 Å². The Bertz CT molecular complexity index is 11.6. The van der Waals surface area contributed by atoms with Crippen molar-refractivity contribution in [2.24, 2.45) is 0 Å². The van der Waals surface area contributed by atoms with Crippen LogP contribution in [0.3, 0.4) is 0 Å². The number of hydrogen-bond acceptors (Lipinski definition) is 2. The molecule has 0 aliphatic carbocycles. The van der Waals surface area contributed by atoms with Crippen molar-refractivity contribution < 1.29 is 9.57 Å². The van der Waals surface area contributed by atoms with Gasteiger partial charge in [-0.2, -0.15) is 0 Å². The fourth-order valence-corrected chi connectivity index (χ4v) is 0. The van der Waals surface area contributed by atoms with Crippen molar-refractivity contribution in [2.45, 2.75) is 6.92 Å². The number of hydrogen-bond donors (Lipinski definition) is 1. The Kier molecular flexibility index (Phi) is 65.6. The fourth-order valence-electron chi connectivity index (χ4n) is 0. The normalized spacial score (nSPS) is 4.40. The molecule has 0 saturated carbocycles. The molecule has 0 aromatic carbocycles. The summed E-state index contributed by atoms with van der Waals surface area (Å²) in [6.45, 7) is 1.93. The highest BCUT2D eigenvalue weighted by Crippen LogP contribution is 1.30. The van der Waals surface area contributed by atoms with Crippen LogP contribution in [-0.2, 0) is 4.46 Å². The molecule has 0 heterocycles. The van der Waals surface area contributed by atoms with Gasteiger partial charge in [-0.25, -0.2) is 0 Å². The Hall–Kier alpha value is -0.0231. The largest absolute Gasteiger partial charge is 0.397 e. The van der Waals surface area contributed by atoms with Gasteiger partial charge < -0.3 is 9.57 Å². The Balaban J connectivity index is 0.